The van der Waals surface area contributed by atoms with Crippen LogP contribution in [-0.2, 0) is 0 Å². The van der Waals surface area contributed by atoms with Crippen molar-refractivity contribution in [2.75, 3.05) is 13.1 Å². The molecule has 0 saturated carbocycles. The van der Waals surface area contributed by atoms with Gasteiger partial charge in [-0.2, -0.15) is 0 Å². The van der Waals surface area contributed by atoms with Crippen molar-refractivity contribution in [3.8, 4) is 5.75 Å². The standard InChI is InChI=1S/C15H22N2O3/c1-10-4-13(8-16-6-11(2)18)15(20)14(5-10)9-17-7-12(3)19/h4-5,8-9,11-12,18-20H,6-7H2,1-3H3. The maximum Gasteiger partial charge on any atom is 0.133 e. The minimum atomic E-state index is -0.509. The van der Waals surface area contributed by atoms with E-state index in [9.17, 15) is 5.11 Å². The van der Waals surface area contributed by atoms with Crippen molar-refractivity contribution in [2.24, 2.45) is 9.98 Å². The molecule has 0 spiro atoms. The van der Waals surface area contributed by atoms with Gasteiger partial charge in [-0.25, -0.2) is 0 Å². The molecule has 0 fully saturated rings. The Morgan fingerprint density at radius 3 is 1.75 bits per heavy atom. The van der Waals surface area contributed by atoms with Gasteiger partial charge in [0.25, 0.3) is 0 Å². The first kappa shape index (κ1) is 16.3. The Bertz CT molecular complexity index is 453. The van der Waals surface area contributed by atoms with Crippen molar-refractivity contribution in [1.29, 1.82) is 0 Å². The second-order valence-electron chi connectivity index (χ2n) is 4.98. The maximum absolute atomic E-state index is 10.1. The average Bonchev–Trinajstić information content (AvgIpc) is 2.33. The zero-order chi connectivity index (χ0) is 15.1. The van der Waals surface area contributed by atoms with Crippen LogP contribution in [0.15, 0.2) is 22.1 Å². The quantitative estimate of drug-likeness (QED) is 0.686. The summed E-state index contributed by atoms with van der Waals surface area (Å²) in [5, 5.41) is 28.4. The van der Waals surface area contributed by atoms with Crippen LogP contribution >= 0.6 is 0 Å². The van der Waals surface area contributed by atoms with Crippen LogP contribution < -0.4 is 0 Å². The molecule has 0 saturated heterocycles. The van der Waals surface area contributed by atoms with Gasteiger partial charge in [0.1, 0.15) is 5.75 Å². The van der Waals surface area contributed by atoms with Crippen LogP contribution in [0.1, 0.15) is 30.5 Å². The number of aliphatic hydroxyl groups excluding tert-OH is 2. The Morgan fingerprint density at radius 1 is 1.00 bits per heavy atom. The Kier molecular flexibility index (Phi) is 6.35. The van der Waals surface area contributed by atoms with E-state index >= 15 is 0 Å². The fraction of sp³-hybridized carbons (Fsp3) is 0.467. The second kappa shape index (κ2) is 7.77. The lowest BCUT2D eigenvalue weighted by atomic mass is 10.1. The highest BCUT2D eigenvalue weighted by Crippen LogP contribution is 2.21. The van der Waals surface area contributed by atoms with Gasteiger partial charge in [-0.05, 0) is 38.5 Å². The molecule has 0 heterocycles. The predicted octanol–water partition coefficient (Wildman–Crippen LogP) is 1.30. The lowest BCUT2D eigenvalue weighted by Crippen LogP contribution is -2.05. The molecule has 0 aliphatic rings. The number of rotatable bonds is 6. The molecule has 1 rings (SSSR count). The monoisotopic (exact) mass is 278 g/mol. The van der Waals surface area contributed by atoms with Crippen LogP contribution in [0.25, 0.3) is 0 Å². The summed E-state index contributed by atoms with van der Waals surface area (Å²) < 4.78 is 0. The minimum absolute atomic E-state index is 0.0966. The number of benzene rings is 1. The molecule has 0 bridgehead atoms. The highest BCUT2D eigenvalue weighted by Gasteiger charge is 2.06. The van der Waals surface area contributed by atoms with Crippen molar-refractivity contribution in [3.63, 3.8) is 0 Å². The summed E-state index contributed by atoms with van der Waals surface area (Å²) in [6, 6.07) is 3.62. The van der Waals surface area contributed by atoms with E-state index in [0.29, 0.717) is 24.2 Å². The molecule has 0 aliphatic heterocycles. The van der Waals surface area contributed by atoms with Crippen LogP contribution in [0.5, 0.6) is 5.75 Å². The van der Waals surface area contributed by atoms with Gasteiger partial charge in [-0.1, -0.05) is 0 Å². The Labute approximate surface area is 119 Å². The van der Waals surface area contributed by atoms with E-state index in [1.807, 2.05) is 19.1 Å². The zero-order valence-corrected chi connectivity index (χ0v) is 12.1. The number of aromatic hydroxyl groups is 1. The minimum Gasteiger partial charge on any atom is -0.507 e. The molecule has 5 heteroatoms. The molecular formula is C15H22N2O3. The molecular weight excluding hydrogens is 256 g/mol. The van der Waals surface area contributed by atoms with Gasteiger partial charge >= 0.3 is 0 Å². The van der Waals surface area contributed by atoms with Gasteiger partial charge < -0.3 is 15.3 Å². The van der Waals surface area contributed by atoms with E-state index in [4.69, 9.17) is 10.2 Å². The normalized spacial score (nSPS) is 15.1. The van der Waals surface area contributed by atoms with Crippen LogP contribution in [-0.4, -0.2) is 53.0 Å². The van der Waals surface area contributed by atoms with Crippen molar-refractivity contribution >= 4 is 12.4 Å². The van der Waals surface area contributed by atoms with E-state index < -0.39 is 12.2 Å². The van der Waals surface area contributed by atoms with Crippen LogP contribution in [0.2, 0.25) is 0 Å². The van der Waals surface area contributed by atoms with Crippen LogP contribution in [0, 0.1) is 6.92 Å². The highest BCUT2D eigenvalue weighted by atomic mass is 16.3. The van der Waals surface area contributed by atoms with E-state index in [-0.39, 0.29) is 5.75 Å². The zero-order valence-electron chi connectivity index (χ0n) is 12.1. The lowest BCUT2D eigenvalue weighted by molar-refractivity contribution is 0.204. The number of aryl methyl sites for hydroxylation is 1. The summed E-state index contributed by atoms with van der Waals surface area (Å²) in [5.74, 6) is 0.0966. The molecule has 20 heavy (non-hydrogen) atoms. The number of aliphatic imine (C=N–C) groups is 2. The summed E-state index contributed by atoms with van der Waals surface area (Å²) in [7, 11) is 0. The smallest absolute Gasteiger partial charge is 0.133 e. The summed E-state index contributed by atoms with van der Waals surface area (Å²) >= 11 is 0. The average molecular weight is 278 g/mol. The fourth-order valence-corrected chi connectivity index (χ4v) is 1.64. The Balaban J connectivity index is 2.94. The third kappa shape index (κ3) is 5.50. The van der Waals surface area contributed by atoms with Gasteiger partial charge in [-0.3, -0.25) is 9.98 Å². The number of nitrogens with zero attached hydrogens (tertiary/aromatic N) is 2. The molecule has 0 amide bonds. The Hall–Kier alpha value is -1.72. The molecule has 5 nitrogen and oxygen atoms in total. The fourth-order valence-electron chi connectivity index (χ4n) is 1.64. The summed E-state index contributed by atoms with van der Waals surface area (Å²) in [5.41, 5.74) is 2.15. The molecule has 0 aromatic heterocycles. The van der Waals surface area contributed by atoms with Gasteiger partial charge in [0.15, 0.2) is 0 Å². The number of phenols is 1. The van der Waals surface area contributed by atoms with E-state index in [0.717, 1.165) is 5.56 Å². The first-order valence-corrected chi connectivity index (χ1v) is 6.59. The highest BCUT2D eigenvalue weighted by molar-refractivity contribution is 5.92. The van der Waals surface area contributed by atoms with Crippen LogP contribution in [0.3, 0.4) is 0 Å². The third-order valence-electron chi connectivity index (χ3n) is 2.51. The summed E-state index contributed by atoms with van der Waals surface area (Å²) in [6.45, 7) is 5.80. The molecule has 1 aromatic rings. The molecule has 0 aliphatic carbocycles. The first-order chi connectivity index (χ1) is 9.40. The molecule has 3 N–H and O–H groups in total. The SMILES string of the molecule is Cc1cc(C=NCC(C)O)c(O)c(C=NCC(C)O)c1. The largest absolute Gasteiger partial charge is 0.507 e. The number of phenolic OH excluding ortho intramolecular Hbond substituents is 1. The summed E-state index contributed by atoms with van der Waals surface area (Å²) in [4.78, 5) is 8.15. The molecule has 2 atom stereocenters. The Morgan fingerprint density at radius 2 is 1.40 bits per heavy atom. The molecule has 1 aromatic carbocycles. The first-order valence-electron chi connectivity index (χ1n) is 6.59. The van der Waals surface area contributed by atoms with E-state index in [1.165, 1.54) is 0 Å². The van der Waals surface area contributed by atoms with Crippen molar-refractivity contribution in [3.05, 3.63) is 28.8 Å². The van der Waals surface area contributed by atoms with E-state index in [1.54, 1.807) is 26.3 Å². The van der Waals surface area contributed by atoms with E-state index in [2.05, 4.69) is 9.98 Å². The lowest BCUT2D eigenvalue weighted by Gasteiger charge is -2.06. The van der Waals surface area contributed by atoms with Crippen molar-refractivity contribution in [1.82, 2.24) is 0 Å². The molecule has 0 radical (unpaired) electrons. The van der Waals surface area contributed by atoms with Gasteiger partial charge in [-0.15, -0.1) is 0 Å². The summed E-state index contributed by atoms with van der Waals surface area (Å²) in [6.07, 6.45) is 2.07. The molecule has 2 unspecified atom stereocenters. The van der Waals surface area contributed by atoms with Gasteiger partial charge in [0.05, 0.1) is 25.3 Å². The molecule has 110 valence electrons. The maximum atomic E-state index is 10.1. The third-order valence-corrected chi connectivity index (χ3v) is 2.51. The number of hydrogen-bond donors (Lipinski definition) is 3. The second-order valence-corrected chi connectivity index (χ2v) is 4.98. The predicted molar refractivity (Wildman–Crippen MR) is 81.1 cm³/mol. The number of hydrogen-bond acceptors (Lipinski definition) is 5. The van der Waals surface area contributed by atoms with Crippen molar-refractivity contribution < 1.29 is 15.3 Å². The van der Waals surface area contributed by atoms with Crippen LogP contribution in [0.4, 0.5) is 0 Å². The van der Waals surface area contributed by atoms with Crippen molar-refractivity contribution in [2.45, 2.75) is 33.0 Å². The number of aliphatic hydroxyl groups is 2. The van der Waals surface area contributed by atoms with Gasteiger partial charge in [0.2, 0.25) is 0 Å². The van der Waals surface area contributed by atoms with Gasteiger partial charge in [0, 0.05) is 23.6 Å². The topological polar surface area (TPSA) is 85.4 Å².